The van der Waals surface area contributed by atoms with Gasteiger partial charge in [-0.05, 0) is 55.2 Å². The Kier molecular flexibility index (Phi) is 15.6. The number of rotatable bonds is 13. The Bertz CT molecular complexity index is 1400. The molecule has 2 atom stereocenters. The summed E-state index contributed by atoms with van der Waals surface area (Å²) in [5.41, 5.74) is 12.7. The Morgan fingerprint density at radius 2 is 1.64 bits per heavy atom. The third kappa shape index (κ3) is 15.6. The van der Waals surface area contributed by atoms with E-state index < -0.39 is 45.0 Å². The van der Waals surface area contributed by atoms with E-state index in [4.69, 9.17) is 42.9 Å². The number of nitrogens with one attached hydrogen (secondary N) is 2. The zero-order valence-electron chi connectivity index (χ0n) is 24.8. The summed E-state index contributed by atoms with van der Waals surface area (Å²) in [5, 5.41) is 17.6. The third-order valence-electron chi connectivity index (χ3n) is 6.48. The van der Waals surface area contributed by atoms with Crippen molar-refractivity contribution in [3.8, 4) is 0 Å². The van der Waals surface area contributed by atoms with Crippen molar-refractivity contribution in [2.75, 3.05) is 23.1 Å². The molecule has 3 rings (SSSR count). The van der Waals surface area contributed by atoms with Crippen molar-refractivity contribution in [2.24, 2.45) is 28.7 Å². The highest BCUT2D eigenvalue weighted by molar-refractivity contribution is 7.93. The summed E-state index contributed by atoms with van der Waals surface area (Å²) >= 11 is 7.18. The fourth-order valence-electron chi connectivity index (χ4n) is 4.01. The number of carboxylic acids is 2. The second-order valence-electron chi connectivity index (χ2n) is 11.1. The van der Waals surface area contributed by atoms with Gasteiger partial charge in [-0.2, -0.15) is 30.7 Å². The van der Waals surface area contributed by atoms with Crippen LogP contribution >= 0.6 is 23.1 Å². The number of carbonyl (C=O) groups is 2. The van der Waals surface area contributed by atoms with Crippen LogP contribution in [0, 0.1) is 23.1 Å². The van der Waals surface area contributed by atoms with Gasteiger partial charge in [-0.25, -0.2) is 27.4 Å². The maximum Gasteiger partial charge on any atom is 0.490 e. The standard InChI is InChI=1S/C21H32ClFN6O2S2.2C2HF3O2/c1-21(2,5-6-24)10-14(17(25)7-13-3-4-13)11-26-18-9-16(23)19(8-15(18)22)33(30,31)29-20-27-12-28-32-20;2*3-2(4,5)1(6)7/h8-9,12-14,17,26H,3-7,10-11,24-25H2,1-2H3,(H,27,28,29);2*(H,6,7). The van der Waals surface area contributed by atoms with Crippen molar-refractivity contribution < 1.29 is 59.0 Å². The quantitative estimate of drug-likeness (QED) is 0.145. The van der Waals surface area contributed by atoms with Crippen LogP contribution in [-0.2, 0) is 19.6 Å². The minimum atomic E-state index is -5.08. The molecular formula is C25H34ClF7N6O6S2. The van der Waals surface area contributed by atoms with Gasteiger partial charge in [0.05, 0.1) is 10.7 Å². The lowest BCUT2D eigenvalue weighted by Crippen LogP contribution is -2.38. The summed E-state index contributed by atoms with van der Waals surface area (Å²) in [5.74, 6) is -5.61. The number of nitrogens with two attached hydrogens (primary N) is 2. The van der Waals surface area contributed by atoms with Crippen molar-refractivity contribution in [3.63, 3.8) is 0 Å². The van der Waals surface area contributed by atoms with Gasteiger partial charge in [0.25, 0.3) is 10.0 Å². The summed E-state index contributed by atoms with van der Waals surface area (Å²) in [4.78, 5) is 21.0. The number of sulfonamides is 1. The molecule has 1 aromatic heterocycles. The molecular weight excluding hydrogens is 713 g/mol. The molecule has 0 radical (unpaired) electrons. The molecule has 1 saturated carbocycles. The van der Waals surface area contributed by atoms with E-state index in [0.717, 1.165) is 42.9 Å². The molecule has 2 unspecified atom stereocenters. The normalized spacial score (nSPS) is 14.9. The zero-order valence-corrected chi connectivity index (χ0v) is 27.2. The Hall–Kier alpha value is -3.01. The topological polar surface area (TPSA) is 211 Å². The average molecular weight is 747 g/mol. The number of benzene rings is 1. The number of aliphatic carboxylic acids is 2. The Morgan fingerprint density at radius 1 is 1.11 bits per heavy atom. The van der Waals surface area contributed by atoms with E-state index in [1.807, 2.05) is 0 Å². The SMILES string of the molecule is CC(C)(CCN)CC(CNc1cc(F)c(S(=O)(=O)Nc2ncns2)cc1Cl)C(N)CC1CC1.O=C(O)C(F)(F)F.O=C(O)C(F)(F)F. The first-order valence-electron chi connectivity index (χ1n) is 13.5. The number of nitrogens with zero attached hydrogens (tertiary/aromatic N) is 2. The Morgan fingerprint density at radius 3 is 2.06 bits per heavy atom. The van der Waals surface area contributed by atoms with E-state index in [-0.39, 0.29) is 27.5 Å². The van der Waals surface area contributed by atoms with Crippen molar-refractivity contribution in [1.82, 2.24) is 9.36 Å². The first kappa shape index (κ1) is 42.0. The van der Waals surface area contributed by atoms with E-state index >= 15 is 0 Å². The van der Waals surface area contributed by atoms with Crippen molar-refractivity contribution >= 4 is 55.9 Å². The minimum Gasteiger partial charge on any atom is -0.475 e. The van der Waals surface area contributed by atoms with Gasteiger partial charge in [0.1, 0.15) is 17.0 Å². The van der Waals surface area contributed by atoms with Crippen LogP contribution in [0.2, 0.25) is 5.02 Å². The van der Waals surface area contributed by atoms with Crippen LogP contribution in [0.4, 0.5) is 41.6 Å². The molecule has 0 amide bonds. The summed E-state index contributed by atoms with van der Waals surface area (Å²) < 4.78 is 109. The number of halogens is 8. The van der Waals surface area contributed by atoms with Gasteiger partial charge in [-0.1, -0.05) is 38.3 Å². The van der Waals surface area contributed by atoms with Crippen molar-refractivity contribution in [1.29, 1.82) is 0 Å². The average Bonchev–Trinajstić information content (AvgIpc) is 3.59. The van der Waals surface area contributed by atoms with Gasteiger partial charge in [-0.3, -0.25) is 4.72 Å². The molecule has 268 valence electrons. The summed E-state index contributed by atoms with van der Waals surface area (Å²) in [7, 11) is -4.20. The number of aromatic nitrogens is 2. The maximum atomic E-state index is 14.8. The Labute approximate surface area is 274 Å². The molecule has 0 spiro atoms. The van der Waals surface area contributed by atoms with Crippen LogP contribution in [0.15, 0.2) is 23.4 Å². The molecule has 12 nitrogen and oxygen atoms in total. The van der Waals surface area contributed by atoms with Crippen LogP contribution < -0.4 is 21.5 Å². The fraction of sp³-hybridized carbons (Fsp3) is 0.600. The van der Waals surface area contributed by atoms with Crippen molar-refractivity contribution in [3.05, 3.63) is 29.3 Å². The van der Waals surface area contributed by atoms with Crippen LogP contribution in [0.3, 0.4) is 0 Å². The van der Waals surface area contributed by atoms with E-state index in [2.05, 4.69) is 33.2 Å². The third-order valence-corrected chi connectivity index (χ3v) is 8.85. The predicted molar refractivity (Wildman–Crippen MR) is 159 cm³/mol. The van der Waals surface area contributed by atoms with Crippen molar-refractivity contribution in [2.45, 2.75) is 69.2 Å². The van der Waals surface area contributed by atoms with Crippen LogP contribution in [-0.4, -0.2) is 71.4 Å². The highest BCUT2D eigenvalue weighted by Gasteiger charge is 2.39. The molecule has 1 aromatic carbocycles. The smallest absolute Gasteiger partial charge is 0.475 e. The maximum absolute atomic E-state index is 14.8. The summed E-state index contributed by atoms with van der Waals surface area (Å²) in [6, 6.07) is 2.20. The molecule has 0 saturated heterocycles. The molecule has 1 fully saturated rings. The lowest BCUT2D eigenvalue weighted by Gasteiger charge is -2.33. The molecule has 0 aliphatic heterocycles. The first-order chi connectivity index (χ1) is 21.4. The van der Waals surface area contributed by atoms with Gasteiger partial charge in [0, 0.05) is 24.1 Å². The Balaban J connectivity index is 0.000000658. The largest absolute Gasteiger partial charge is 0.490 e. The van der Waals surface area contributed by atoms with Gasteiger partial charge in [-0.15, -0.1) is 0 Å². The number of hydrogen-bond acceptors (Lipinski definition) is 10. The lowest BCUT2D eigenvalue weighted by molar-refractivity contribution is -0.193. The second-order valence-corrected chi connectivity index (χ2v) is 13.9. The van der Waals surface area contributed by atoms with Gasteiger partial charge >= 0.3 is 24.3 Å². The molecule has 8 N–H and O–H groups in total. The van der Waals surface area contributed by atoms with E-state index in [1.165, 1.54) is 19.2 Å². The van der Waals surface area contributed by atoms with E-state index in [9.17, 15) is 39.2 Å². The lowest BCUT2D eigenvalue weighted by atomic mass is 9.76. The molecule has 1 aliphatic rings. The van der Waals surface area contributed by atoms with Gasteiger partial charge in [0.15, 0.2) is 0 Å². The first-order valence-corrected chi connectivity index (χ1v) is 16.1. The van der Waals surface area contributed by atoms with E-state index in [0.29, 0.717) is 24.7 Å². The molecule has 1 heterocycles. The highest BCUT2D eigenvalue weighted by Crippen LogP contribution is 2.38. The number of carboxylic acid groups (broad SMARTS) is 2. The molecule has 22 heteroatoms. The summed E-state index contributed by atoms with van der Waals surface area (Å²) in [6.07, 6.45) is -3.82. The monoisotopic (exact) mass is 746 g/mol. The fourth-order valence-corrected chi connectivity index (χ4v) is 6.05. The van der Waals surface area contributed by atoms with Crippen LogP contribution in [0.1, 0.15) is 46.0 Å². The number of hydrogen-bond donors (Lipinski definition) is 6. The predicted octanol–water partition coefficient (Wildman–Crippen LogP) is 5.32. The zero-order chi connectivity index (χ0) is 36.4. The minimum absolute atomic E-state index is 0.00132. The number of anilines is 2. The van der Waals surface area contributed by atoms with Gasteiger partial charge in [0.2, 0.25) is 5.13 Å². The molecule has 2 aromatic rings. The van der Waals surface area contributed by atoms with Gasteiger partial charge < -0.3 is 27.0 Å². The summed E-state index contributed by atoms with van der Waals surface area (Å²) in [6.45, 7) is 5.45. The molecule has 0 bridgehead atoms. The number of alkyl halides is 6. The highest BCUT2D eigenvalue weighted by atomic mass is 35.5. The van der Waals surface area contributed by atoms with Crippen LogP contribution in [0.25, 0.3) is 0 Å². The second kappa shape index (κ2) is 17.4. The van der Waals surface area contributed by atoms with E-state index in [1.54, 1.807) is 0 Å². The molecule has 47 heavy (non-hydrogen) atoms. The molecule has 1 aliphatic carbocycles. The van der Waals surface area contributed by atoms with Crippen LogP contribution in [0.5, 0.6) is 0 Å².